The molecule has 0 aromatic carbocycles. The van der Waals surface area contributed by atoms with Crippen molar-refractivity contribution < 1.29 is 9.59 Å². The highest BCUT2D eigenvalue weighted by atomic mass is 16.2. The summed E-state index contributed by atoms with van der Waals surface area (Å²) in [7, 11) is 0. The van der Waals surface area contributed by atoms with E-state index in [0.717, 1.165) is 0 Å². The molecule has 0 aliphatic carbocycles. The van der Waals surface area contributed by atoms with Crippen molar-refractivity contribution >= 4 is 11.8 Å². The number of nitrogens with two attached hydrogens (primary N) is 2. The highest BCUT2D eigenvalue weighted by molar-refractivity contribution is 5.78. The monoisotopic (exact) mass is 176 g/mol. The molecule has 0 saturated heterocycles. The summed E-state index contributed by atoms with van der Waals surface area (Å²) in [6.45, 7) is -0.0390. The third-order valence-corrected chi connectivity index (χ3v) is 0.945. The van der Waals surface area contributed by atoms with Crippen molar-refractivity contribution in [2.24, 2.45) is 11.7 Å². The predicted octanol–water partition coefficient (Wildman–Crippen LogP) is -3.94. The fourth-order valence-corrected chi connectivity index (χ4v) is 0.388. The van der Waals surface area contributed by atoms with Crippen molar-refractivity contribution in [2.75, 3.05) is 13.1 Å². The Bertz CT molecular complexity index is 142. The Balaban J connectivity index is 3.21. The highest BCUT2D eigenvalue weighted by Crippen LogP contribution is 1.57. The first-order valence-electron chi connectivity index (χ1n) is 3.15. The molecule has 70 valence electrons. The first-order chi connectivity index (χ1) is 5.70. The van der Waals surface area contributed by atoms with Gasteiger partial charge in [-0.15, -0.1) is 0 Å². The lowest BCUT2D eigenvalue weighted by Gasteiger charge is -2.04. The van der Waals surface area contributed by atoms with E-state index in [1.54, 1.807) is 0 Å². The Kier molecular flexibility index (Phi) is 5.83. The predicted molar refractivity (Wildman–Crippen MR) is 40.7 cm³/mol. The maximum atomic E-state index is 10.5. The number of hydrogen-bond acceptors (Lipinski definition) is 6. The van der Waals surface area contributed by atoms with E-state index in [0.29, 0.717) is 0 Å². The molecule has 8 N–H and O–H groups in total. The van der Waals surface area contributed by atoms with E-state index < -0.39 is 11.8 Å². The fourth-order valence-electron chi connectivity index (χ4n) is 0.388. The van der Waals surface area contributed by atoms with Crippen LogP contribution in [0.2, 0.25) is 0 Å². The van der Waals surface area contributed by atoms with E-state index in [1.807, 2.05) is 10.9 Å². The third kappa shape index (κ3) is 5.56. The molecule has 0 aliphatic heterocycles. The SMILES string of the molecule is NNC(=O)CNNCC(=O)NN. The third-order valence-electron chi connectivity index (χ3n) is 0.945. The molecule has 0 spiro atoms. The topological polar surface area (TPSA) is 134 Å². The molecule has 0 rings (SSSR count). The molecule has 0 saturated carbocycles. The standard InChI is InChI=1S/C4H12N6O2/c5-9-3(11)1-7-8-2-4(12)10-6/h7-8H,1-2,5-6H2,(H,9,11)(H,10,12). The first kappa shape index (κ1) is 10.8. The van der Waals surface area contributed by atoms with Gasteiger partial charge in [0.2, 0.25) is 11.8 Å². The van der Waals surface area contributed by atoms with Crippen molar-refractivity contribution in [3.63, 3.8) is 0 Å². The fraction of sp³-hybridized carbons (Fsp3) is 0.500. The van der Waals surface area contributed by atoms with Crippen LogP contribution >= 0.6 is 0 Å². The van der Waals surface area contributed by atoms with E-state index in [1.165, 1.54) is 0 Å². The molecule has 0 radical (unpaired) electrons. The molecule has 0 atom stereocenters. The van der Waals surface area contributed by atoms with Gasteiger partial charge in [0.25, 0.3) is 0 Å². The van der Waals surface area contributed by atoms with Crippen LogP contribution in [0.1, 0.15) is 0 Å². The van der Waals surface area contributed by atoms with Gasteiger partial charge in [0, 0.05) is 0 Å². The highest BCUT2D eigenvalue weighted by Gasteiger charge is 1.98. The van der Waals surface area contributed by atoms with Crippen LogP contribution in [0.15, 0.2) is 0 Å². The van der Waals surface area contributed by atoms with Crippen molar-refractivity contribution in [1.82, 2.24) is 21.7 Å². The lowest BCUT2D eigenvalue weighted by atomic mass is 10.6. The van der Waals surface area contributed by atoms with E-state index in [9.17, 15) is 9.59 Å². The molecule has 0 heterocycles. The largest absolute Gasteiger partial charge is 0.293 e. The zero-order chi connectivity index (χ0) is 9.40. The summed E-state index contributed by atoms with van der Waals surface area (Å²) in [5.41, 5.74) is 8.69. The number of hydrazine groups is 3. The van der Waals surface area contributed by atoms with Gasteiger partial charge in [0.15, 0.2) is 0 Å². The molecule has 2 amide bonds. The molecule has 0 fully saturated rings. The minimum atomic E-state index is -0.393. The maximum absolute atomic E-state index is 10.5. The van der Waals surface area contributed by atoms with Gasteiger partial charge < -0.3 is 0 Å². The number of rotatable bonds is 5. The van der Waals surface area contributed by atoms with Gasteiger partial charge in [-0.05, 0) is 0 Å². The zero-order valence-electron chi connectivity index (χ0n) is 6.39. The Morgan fingerprint density at radius 2 is 1.25 bits per heavy atom. The van der Waals surface area contributed by atoms with Crippen LogP contribution in [-0.4, -0.2) is 24.9 Å². The van der Waals surface area contributed by atoms with Crippen LogP contribution in [0.4, 0.5) is 0 Å². The summed E-state index contributed by atoms with van der Waals surface area (Å²) in [4.78, 5) is 20.9. The molecule has 8 nitrogen and oxygen atoms in total. The lowest BCUT2D eigenvalue weighted by molar-refractivity contribution is -0.122. The Hall–Kier alpha value is -1.22. The summed E-state index contributed by atoms with van der Waals surface area (Å²) in [5.74, 6) is 8.76. The summed E-state index contributed by atoms with van der Waals surface area (Å²) in [6.07, 6.45) is 0. The number of carbonyl (C=O) groups is 2. The minimum Gasteiger partial charge on any atom is -0.293 e. The van der Waals surface area contributed by atoms with Crippen LogP contribution in [0, 0.1) is 0 Å². The molecule has 0 bridgehead atoms. The lowest BCUT2D eigenvalue weighted by Crippen LogP contribution is -2.47. The molecule has 8 heteroatoms. The number of amides is 2. The van der Waals surface area contributed by atoms with E-state index >= 15 is 0 Å². The van der Waals surface area contributed by atoms with Gasteiger partial charge >= 0.3 is 0 Å². The average molecular weight is 176 g/mol. The molecule has 0 unspecified atom stereocenters. The number of nitrogens with one attached hydrogen (secondary N) is 4. The second-order valence-corrected chi connectivity index (χ2v) is 1.84. The summed E-state index contributed by atoms with van der Waals surface area (Å²) in [5, 5.41) is 0. The van der Waals surface area contributed by atoms with E-state index in [2.05, 4.69) is 10.9 Å². The molecule has 0 aromatic heterocycles. The summed E-state index contributed by atoms with van der Waals surface area (Å²) < 4.78 is 0. The summed E-state index contributed by atoms with van der Waals surface area (Å²) >= 11 is 0. The molecular weight excluding hydrogens is 164 g/mol. The van der Waals surface area contributed by atoms with Crippen LogP contribution < -0.4 is 33.4 Å². The van der Waals surface area contributed by atoms with E-state index in [4.69, 9.17) is 11.7 Å². The normalized spacial score (nSPS) is 9.17. The Morgan fingerprint density at radius 1 is 0.917 bits per heavy atom. The molecule has 0 aromatic rings. The summed E-state index contributed by atoms with van der Waals surface area (Å²) in [6, 6.07) is 0. The van der Waals surface area contributed by atoms with Crippen molar-refractivity contribution in [3.05, 3.63) is 0 Å². The smallest absolute Gasteiger partial charge is 0.249 e. The maximum Gasteiger partial charge on any atom is 0.249 e. The molecule has 12 heavy (non-hydrogen) atoms. The van der Waals surface area contributed by atoms with Gasteiger partial charge in [-0.3, -0.25) is 20.4 Å². The first-order valence-corrected chi connectivity index (χ1v) is 3.15. The van der Waals surface area contributed by atoms with Crippen LogP contribution in [0.3, 0.4) is 0 Å². The van der Waals surface area contributed by atoms with Crippen LogP contribution in [0.5, 0.6) is 0 Å². The van der Waals surface area contributed by atoms with Crippen molar-refractivity contribution in [2.45, 2.75) is 0 Å². The quantitative estimate of drug-likeness (QED) is 0.110. The van der Waals surface area contributed by atoms with Gasteiger partial charge in [-0.2, -0.15) is 0 Å². The number of carbonyl (C=O) groups excluding carboxylic acids is 2. The molecular formula is C4H12N6O2. The number of hydrogen-bond donors (Lipinski definition) is 6. The van der Waals surface area contributed by atoms with Crippen LogP contribution in [0.25, 0.3) is 0 Å². The van der Waals surface area contributed by atoms with Crippen molar-refractivity contribution in [3.8, 4) is 0 Å². The van der Waals surface area contributed by atoms with Crippen LogP contribution in [-0.2, 0) is 9.59 Å². The Morgan fingerprint density at radius 3 is 1.50 bits per heavy atom. The van der Waals surface area contributed by atoms with Gasteiger partial charge in [0.1, 0.15) is 0 Å². The second kappa shape index (κ2) is 6.49. The minimum absolute atomic E-state index is 0.0195. The van der Waals surface area contributed by atoms with Gasteiger partial charge in [-0.25, -0.2) is 22.5 Å². The van der Waals surface area contributed by atoms with Crippen molar-refractivity contribution in [1.29, 1.82) is 0 Å². The van der Waals surface area contributed by atoms with Gasteiger partial charge in [0.05, 0.1) is 13.1 Å². The molecule has 0 aliphatic rings. The zero-order valence-corrected chi connectivity index (χ0v) is 6.39. The Labute approximate surface area is 68.9 Å². The average Bonchev–Trinajstić information content (AvgIpc) is 2.11. The van der Waals surface area contributed by atoms with Gasteiger partial charge in [-0.1, -0.05) is 0 Å². The van der Waals surface area contributed by atoms with E-state index in [-0.39, 0.29) is 13.1 Å². The second-order valence-electron chi connectivity index (χ2n) is 1.84.